The van der Waals surface area contributed by atoms with Crippen molar-refractivity contribution in [2.45, 2.75) is 4.90 Å². The molecule has 0 saturated heterocycles. The number of H-pyrrole nitrogens is 1. The van der Waals surface area contributed by atoms with E-state index in [1.807, 2.05) is 0 Å². The Morgan fingerprint density at radius 3 is 2.61 bits per heavy atom. The average Bonchev–Trinajstić information content (AvgIpc) is 3.20. The number of tetrazole rings is 1. The summed E-state index contributed by atoms with van der Waals surface area (Å²) < 4.78 is 24.6. The van der Waals surface area contributed by atoms with Gasteiger partial charge >= 0.3 is 5.97 Å². The maximum Gasteiger partial charge on any atom is 0.354 e. The minimum atomic E-state index is -3.55. The van der Waals surface area contributed by atoms with Crippen LogP contribution in [0.25, 0.3) is 33.4 Å². The van der Waals surface area contributed by atoms with Crippen LogP contribution < -0.4 is 0 Å². The van der Waals surface area contributed by atoms with Crippen LogP contribution in [-0.2, 0) is 9.84 Å². The van der Waals surface area contributed by atoms with E-state index >= 15 is 0 Å². The Morgan fingerprint density at radius 2 is 1.93 bits per heavy atom. The molecule has 140 valence electrons. The first kappa shape index (κ1) is 17.7. The molecule has 2 aromatic carbocycles. The Bertz CT molecular complexity index is 1320. The number of aromatic carboxylic acids is 1. The Hall–Kier alpha value is -3.66. The summed E-state index contributed by atoms with van der Waals surface area (Å²) in [4.78, 5) is 15.3. The molecule has 10 heteroatoms. The monoisotopic (exact) mass is 395 g/mol. The molecule has 9 nitrogen and oxygen atoms in total. The van der Waals surface area contributed by atoms with Gasteiger partial charge < -0.3 is 5.11 Å². The summed E-state index contributed by atoms with van der Waals surface area (Å²) in [5, 5.41) is 23.6. The zero-order chi connectivity index (χ0) is 19.9. The van der Waals surface area contributed by atoms with Crippen molar-refractivity contribution >= 4 is 26.7 Å². The molecule has 0 unspecified atom stereocenters. The fourth-order valence-corrected chi connectivity index (χ4v) is 3.89. The molecule has 0 saturated carbocycles. The van der Waals surface area contributed by atoms with Gasteiger partial charge in [-0.1, -0.05) is 24.3 Å². The van der Waals surface area contributed by atoms with E-state index in [0.29, 0.717) is 27.6 Å². The van der Waals surface area contributed by atoms with Gasteiger partial charge in [0, 0.05) is 17.2 Å². The normalized spacial score (nSPS) is 11.6. The first-order valence-corrected chi connectivity index (χ1v) is 9.95. The number of carboxylic acids is 1. The van der Waals surface area contributed by atoms with Crippen molar-refractivity contribution in [2.75, 3.05) is 6.26 Å². The summed E-state index contributed by atoms with van der Waals surface area (Å²) in [5.74, 6) is -0.943. The van der Waals surface area contributed by atoms with Crippen LogP contribution in [-0.4, -0.2) is 51.4 Å². The lowest BCUT2D eigenvalue weighted by Crippen LogP contribution is -2.02. The van der Waals surface area contributed by atoms with Gasteiger partial charge in [-0.25, -0.2) is 18.2 Å². The quantitative estimate of drug-likeness (QED) is 0.536. The number of benzene rings is 2. The van der Waals surface area contributed by atoms with Crippen molar-refractivity contribution in [1.29, 1.82) is 0 Å². The lowest BCUT2D eigenvalue weighted by molar-refractivity contribution is 0.0691. The fraction of sp³-hybridized carbons (Fsp3) is 0.0556. The molecule has 2 aromatic heterocycles. The van der Waals surface area contributed by atoms with Gasteiger partial charge in [-0.2, -0.15) is 5.21 Å². The summed E-state index contributed by atoms with van der Waals surface area (Å²) in [5.41, 5.74) is 2.13. The van der Waals surface area contributed by atoms with E-state index in [1.54, 1.807) is 36.4 Å². The number of rotatable bonds is 4. The zero-order valence-corrected chi connectivity index (χ0v) is 15.3. The highest BCUT2D eigenvalue weighted by Crippen LogP contribution is 2.36. The number of sulfone groups is 1. The van der Waals surface area contributed by atoms with E-state index in [9.17, 15) is 13.2 Å². The highest BCUT2D eigenvalue weighted by molar-refractivity contribution is 7.90. The number of nitrogens with zero attached hydrogens (tertiary/aromatic N) is 4. The molecule has 0 aliphatic carbocycles. The molecule has 0 spiro atoms. The van der Waals surface area contributed by atoms with E-state index in [0.717, 1.165) is 6.26 Å². The van der Waals surface area contributed by atoms with Crippen LogP contribution >= 0.6 is 0 Å². The van der Waals surface area contributed by atoms with E-state index < -0.39 is 15.8 Å². The first-order chi connectivity index (χ1) is 13.3. The number of aromatic amines is 1. The van der Waals surface area contributed by atoms with Crippen molar-refractivity contribution in [3.63, 3.8) is 0 Å². The molecule has 0 radical (unpaired) electrons. The standard InChI is InChI=1S/C18H13N5O4S/c1-28(26,27)15-4-2-3-12(16(15)17-20-22-23-21-17)10-5-7-13-11(9-10)6-8-14(19-13)18(24)25/h2-9H,1H3,(H,24,25)(H,20,21,22,23). The molecule has 0 fully saturated rings. The highest BCUT2D eigenvalue weighted by atomic mass is 32.2. The van der Waals surface area contributed by atoms with Crippen LogP contribution in [0.2, 0.25) is 0 Å². The van der Waals surface area contributed by atoms with Crippen molar-refractivity contribution in [1.82, 2.24) is 25.6 Å². The van der Waals surface area contributed by atoms with Crippen molar-refractivity contribution in [3.05, 3.63) is 54.2 Å². The third-order valence-corrected chi connectivity index (χ3v) is 5.35. The third kappa shape index (κ3) is 3.09. The van der Waals surface area contributed by atoms with Crippen LogP contribution in [0.5, 0.6) is 0 Å². The van der Waals surface area contributed by atoms with Crippen LogP contribution in [0.4, 0.5) is 0 Å². The fourth-order valence-electron chi connectivity index (χ4n) is 2.99. The van der Waals surface area contributed by atoms with Gasteiger partial charge in [0.15, 0.2) is 9.84 Å². The number of carbonyl (C=O) groups is 1. The smallest absolute Gasteiger partial charge is 0.354 e. The third-order valence-electron chi connectivity index (χ3n) is 4.21. The van der Waals surface area contributed by atoms with E-state index in [4.69, 9.17) is 5.11 Å². The summed E-state index contributed by atoms with van der Waals surface area (Å²) in [6, 6.07) is 13.2. The Labute approximate surface area is 159 Å². The molecule has 0 amide bonds. The number of carboxylic acid groups (broad SMARTS) is 1. The van der Waals surface area contributed by atoms with Gasteiger partial charge in [-0.05, 0) is 40.6 Å². The minimum Gasteiger partial charge on any atom is -0.477 e. The van der Waals surface area contributed by atoms with Crippen LogP contribution in [0.1, 0.15) is 10.5 Å². The molecule has 0 aliphatic heterocycles. The van der Waals surface area contributed by atoms with E-state index in [1.165, 1.54) is 12.1 Å². The van der Waals surface area contributed by atoms with Gasteiger partial charge in [0.05, 0.1) is 10.4 Å². The second-order valence-corrected chi connectivity index (χ2v) is 8.08. The molecule has 0 atom stereocenters. The topological polar surface area (TPSA) is 139 Å². The minimum absolute atomic E-state index is 0.0493. The summed E-state index contributed by atoms with van der Waals surface area (Å²) in [7, 11) is -3.55. The number of fused-ring (bicyclic) bond motifs is 1. The molecule has 2 N–H and O–H groups in total. The molecule has 4 rings (SSSR count). The molecule has 28 heavy (non-hydrogen) atoms. The van der Waals surface area contributed by atoms with Crippen molar-refractivity contribution in [2.24, 2.45) is 0 Å². The van der Waals surface area contributed by atoms with E-state index in [2.05, 4.69) is 25.6 Å². The van der Waals surface area contributed by atoms with Crippen LogP contribution in [0.3, 0.4) is 0 Å². The van der Waals surface area contributed by atoms with Gasteiger partial charge in [-0.3, -0.25) is 0 Å². The number of hydrogen-bond acceptors (Lipinski definition) is 7. The maximum atomic E-state index is 12.3. The maximum absolute atomic E-state index is 12.3. The number of nitrogens with one attached hydrogen (secondary N) is 1. The van der Waals surface area contributed by atoms with E-state index in [-0.39, 0.29) is 16.4 Å². The largest absolute Gasteiger partial charge is 0.477 e. The summed E-state index contributed by atoms with van der Waals surface area (Å²) >= 11 is 0. The molecular formula is C18H13N5O4S. The van der Waals surface area contributed by atoms with Gasteiger partial charge in [-0.15, -0.1) is 10.2 Å². The Morgan fingerprint density at radius 1 is 1.11 bits per heavy atom. The predicted molar refractivity (Wildman–Crippen MR) is 100 cm³/mol. The number of hydrogen-bond donors (Lipinski definition) is 2. The Kier molecular flexibility index (Phi) is 4.12. The molecule has 2 heterocycles. The van der Waals surface area contributed by atoms with Crippen LogP contribution in [0.15, 0.2) is 53.4 Å². The Balaban J connectivity index is 1.97. The predicted octanol–water partition coefficient (Wildman–Crippen LogP) is 2.18. The number of aromatic nitrogens is 5. The second-order valence-electron chi connectivity index (χ2n) is 6.10. The van der Waals surface area contributed by atoms with Crippen molar-refractivity contribution < 1.29 is 18.3 Å². The van der Waals surface area contributed by atoms with Gasteiger partial charge in [0.2, 0.25) is 5.82 Å². The van der Waals surface area contributed by atoms with Crippen molar-refractivity contribution in [3.8, 4) is 22.5 Å². The highest BCUT2D eigenvalue weighted by Gasteiger charge is 2.22. The summed E-state index contributed by atoms with van der Waals surface area (Å²) in [6.07, 6.45) is 1.12. The van der Waals surface area contributed by atoms with Gasteiger partial charge in [0.1, 0.15) is 5.69 Å². The average molecular weight is 395 g/mol. The summed E-state index contributed by atoms with van der Waals surface area (Å²) in [6.45, 7) is 0. The molecule has 4 aromatic rings. The molecule has 0 bridgehead atoms. The lowest BCUT2D eigenvalue weighted by Gasteiger charge is -2.12. The van der Waals surface area contributed by atoms with Crippen LogP contribution in [0, 0.1) is 0 Å². The number of pyridine rings is 1. The SMILES string of the molecule is CS(=O)(=O)c1cccc(-c2ccc3nc(C(=O)O)ccc3c2)c1-c1nn[nH]n1. The van der Waals surface area contributed by atoms with Gasteiger partial charge in [0.25, 0.3) is 0 Å². The zero-order valence-electron chi connectivity index (χ0n) is 14.5. The molecular weight excluding hydrogens is 382 g/mol. The first-order valence-electron chi connectivity index (χ1n) is 8.06. The second kappa shape index (κ2) is 6.50. The molecule has 0 aliphatic rings. The lowest BCUT2D eigenvalue weighted by atomic mass is 9.97.